The molecule has 7 nitrogen and oxygen atoms in total. The molecule has 34 heavy (non-hydrogen) atoms. The molecular weight excluding hydrogens is 432 g/mol. The van der Waals surface area contributed by atoms with E-state index >= 15 is 0 Å². The van der Waals surface area contributed by atoms with Gasteiger partial charge in [-0.15, -0.1) is 0 Å². The molecule has 0 radical (unpaired) electrons. The van der Waals surface area contributed by atoms with Crippen LogP contribution in [0.25, 0.3) is 11.5 Å². The highest BCUT2D eigenvalue weighted by Crippen LogP contribution is 2.22. The molecule has 0 saturated heterocycles. The van der Waals surface area contributed by atoms with E-state index in [1.165, 1.54) is 0 Å². The molecular formula is C27H32N2O5. The van der Waals surface area contributed by atoms with Gasteiger partial charge >= 0.3 is 5.97 Å². The quantitative estimate of drug-likeness (QED) is 0.198. The Morgan fingerprint density at radius 3 is 2.53 bits per heavy atom. The van der Waals surface area contributed by atoms with Crippen molar-refractivity contribution in [2.75, 3.05) is 13.2 Å². The van der Waals surface area contributed by atoms with Gasteiger partial charge in [0.05, 0.1) is 18.0 Å². The Morgan fingerprint density at radius 2 is 1.85 bits per heavy atom. The fraction of sp³-hybridized carbons (Fsp3) is 0.370. The number of rotatable bonds is 13. The molecule has 0 bridgehead atoms. The van der Waals surface area contributed by atoms with Crippen LogP contribution in [0.3, 0.4) is 0 Å². The van der Waals surface area contributed by atoms with Crippen LogP contribution in [-0.2, 0) is 22.5 Å². The standard InChI is InChI=1S/C27H32N2O5/c1-4-5-16-33-29-19(2)24(27(30)31)18-21-11-13-23(14-12-21)32-17-15-25-20(3)34-26(28-25)22-9-7-6-8-10-22/h6-14,24H,4-5,15-18H2,1-3H3,(H,30,31). The van der Waals surface area contributed by atoms with E-state index in [0.717, 1.165) is 35.4 Å². The lowest BCUT2D eigenvalue weighted by molar-refractivity contribution is -0.139. The van der Waals surface area contributed by atoms with Crippen molar-refractivity contribution in [3.8, 4) is 17.2 Å². The van der Waals surface area contributed by atoms with Gasteiger partial charge in [-0.3, -0.25) is 4.79 Å². The van der Waals surface area contributed by atoms with Gasteiger partial charge in [-0.05, 0) is 56.5 Å². The molecule has 1 heterocycles. The first-order chi connectivity index (χ1) is 16.5. The summed E-state index contributed by atoms with van der Waals surface area (Å²) < 4.78 is 11.7. The number of ether oxygens (including phenoxy) is 1. The molecule has 0 aliphatic heterocycles. The monoisotopic (exact) mass is 464 g/mol. The molecule has 7 heteroatoms. The first kappa shape index (κ1) is 25.0. The third-order valence-corrected chi connectivity index (χ3v) is 5.48. The van der Waals surface area contributed by atoms with Crippen molar-refractivity contribution in [2.24, 2.45) is 11.1 Å². The normalized spacial score (nSPS) is 12.4. The molecule has 1 unspecified atom stereocenters. The van der Waals surface area contributed by atoms with Gasteiger partial charge in [0.1, 0.15) is 24.0 Å². The summed E-state index contributed by atoms with van der Waals surface area (Å²) in [4.78, 5) is 21.6. The molecule has 1 N–H and O–H groups in total. The Hall–Kier alpha value is -3.61. The maximum absolute atomic E-state index is 11.7. The van der Waals surface area contributed by atoms with Gasteiger partial charge in [-0.2, -0.15) is 0 Å². The lowest BCUT2D eigenvalue weighted by Gasteiger charge is -2.13. The summed E-state index contributed by atoms with van der Waals surface area (Å²) in [6, 6.07) is 17.3. The van der Waals surface area contributed by atoms with Gasteiger partial charge in [0.2, 0.25) is 5.89 Å². The topological polar surface area (TPSA) is 94.2 Å². The highest BCUT2D eigenvalue weighted by molar-refractivity contribution is 6.00. The minimum absolute atomic E-state index is 0.336. The van der Waals surface area contributed by atoms with Gasteiger partial charge in [0, 0.05) is 12.0 Å². The Morgan fingerprint density at radius 1 is 1.12 bits per heavy atom. The number of aliphatic carboxylic acids is 1. The average Bonchev–Trinajstić information content (AvgIpc) is 3.22. The van der Waals surface area contributed by atoms with Crippen LogP contribution in [0.5, 0.6) is 5.75 Å². The molecule has 1 atom stereocenters. The highest BCUT2D eigenvalue weighted by atomic mass is 16.6. The van der Waals surface area contributed by atoms with Crippen LogP contribution in [0.15, 0.2) is 64.2 Å². The summed E-state index contributed by atoms with van der Waals surface area (Å²) >= 11 is 0. The molecule has 180 valence electrons. The van der Waals surface area contributed by atoms with Crippen molar-refractivity contribution >= 4 is 11.7 Å². The fourth-order valence-electron chi connectivity index (χ4n) is 3.42. The number of carboxylic acid groups (broad SMARTS) is 1. The first-order valence-corrected chi connectivity index (χ1v) is 11.6. The molecule has 0 spiro atoms. The number of aromatic nitrogens is 1. The van der Waals surface area contributed by atoms with Crippen molar-refractivity contribution in [2.45, 2.75) is 46.5 Å². The summed E-state index contributed by atoms with van der Waals surface area (Å²) in [5.41, 5.74) is 3.17. The molecule has 0 aliphatic rings. The van der Waals surface area contributed by atoms with Gasteiger partial charge in [-0.25, -0.2) is 4.98 Å². The third-order valence-electron chi connectivity index (χ3n) is 5.48. The summed E-state index contributed by atoms with van der Waals surface area (Å²) in [7, 11) is 0. The maximum atomic E-state index is 11.7. The molecule has 0 saturated carbocycles. The van der Waals surface area contributed by atoms with E-state index in [1.54, 1.807) is 6.92 Å². The van der Waals surface area contributed by atoms with E-state index in [1.807, 2.05) is 61.5 Å². The summed E-state index contributed by atoms with van der Waals surface area (Å²) in [5.74, 6) is 0.461. The third kappa shape index (κ3) is 7.20. The number of nitrogens with zero attached hydrogens (tertiary/aromatic N) is 2. The van der Waals surface area contributed by atoms with Crippen molar-refractivity contribution in [3.05, 3.63) is 71.6 Å². The van der Waals surface area contributed by atoms with Crippen molar-refractivity contribution < 1.29 is 23.9 Å². The molecule has 0 amide bonds. The maximum Gasteiger partial charge on any atom is 0.312 e. The Bertz CT molecular complexity index is 1070. The second-order valence-corrected chi connectivity index (χ2v) is 8.14. The van der Waals surface area contributed by atoms with Crippen LogP contribution in [0.1, 0.15) is 43.7 Å². The number of unbranched alkanes of at least 4 members (excludes halogenated alkanes) is 1. The highest BCUT2D eigenvalue weighted by Gasteiger charge is 2.22. The Kier molecular flexibility index (Phi) is 9.26. The SMILES string of the molecule is CCCCON=C(C)C(Cc1ccc(OCCc2nc(-c3ccccc3)oc2C)cc1)C(=O)O. The summed E-state index contributed by atoms with van der Waals surface area (Å²) in [5, 5.41) is 13.6. The van der Waals surface area contributed by atoms with E-state index in [2.05, 4.69) is 17.1 Å². The van der Waals surface area contributed by atoms with Crippen molar-refractivity contribution in [1.29, 1.82) is 0 Å². The lowest BCUT2D eigenvalue weighted by atomic mass is 9.95. The van der Waals surface area contributed by atoms with Gasteiger partial charge in [0.25, 0.3) is 0 Å². The van der Waals surface area contributed by atoms with Gasteiger partial charge in [-0.1, -0.05) is 48.8 Å². The fourth-order valence-corrected chi connectivity index (χ4v) is 3.42. The summed E-state index contributed by atoms with van der Waals surface area (Å²) in [6.07, 6.45) is 2.85. The minimum Gasteiger partial charge on any atom is -0.493 e. The molecule has 3 aromatic rings. The summed E-state index contributed by atoms with van der Waals surface area (Å²) in [6.45, 7) is 6.61. The minimum atomic E-state index is -0.918. The zero-order valence-electron chi connectivity index (χ0n) is 20.0. The van der Waals surface area contributed by atoms with Crippen molar-refractivity contribution in [1.82, 2.24) is 4.98 Å². The zero-order valence-corrected chi connectivity index (χ0v) is 20.0. The molecule has 3 rings (SSSR count). The van der Waals surface area contributed by atoms with E-state index in [0.29, 0.717) is 43.4 Å². The number of oxime groups is 1. The van der Waals surface area contributed by atoms with Crippen LogP contribution in [0.2, 0.25) is 0 Å². The number of carbonyl (C=O) groups is 1. The predicted molar refractivity (Wildman–Crippen MR) is 131 cm³/mol. The number of aryl methyl sites for hydroxylation is 1. The Balaban J connectivity index is 1.52. The largest absolute Gasteiger partial charge is 0.493 e. The van der Waals surface area contributed by atoms with E-state index < -0.39 is 11.9 Å². The molecule has 0 fully saturated rings. The number of hydrogen-bond acceptors (Lipinski definition) is 6. The second kappa shape index (κ2) is 12.6. The van der Waals surface area contributed by atoms with Gasteiger partial charge in [0.15, 0.2) is 0 Å². The van der Waals surface area contributed by atoms with E-state index in [-0.39, 0.29) is 0 Å². The average molecular weight is 465 g/mol. The van der Waals surface area contributed by atoms with Crippen LogP contribution >= 0.6 is 0 Å². The van der Waals surface area contributed by atoms with Crippen LogP contribution < -0.4 is 4.74 Å². The van der Waals surface area contributed by atoms with Crippen molar-refractivity contribution in [3.63, 3.8) is 0 Å². The Labute approximate surface area is 200 Å². The van der Waals surface area contributed by atoms with Crippen LogP contribution in [0.4, 0.5) is 0 Å². The van der Waals surface area contributed by atoms with E-state index in [9.17, 15) is 9.90 Å². The van der Waals surface area contributed by atoms with Crippen LogP contribution in [0, 0.1) is 12.8 Å². The number of oxazole rings is 1. The second-order valence-electron chi connectivity index (χ2n) is 8.14. The predicted octanol–water partition coefficient (Wildman–Crippen LogP) is 5.71. The molecule has 1 aromatic heterocycles. The first-order valence-electron chi connectivity index (χ1n) is 11.6. The lowest BCUT2D eigenvalue weighted by Crippen LogP contribution is -2.24. The number of hydrogen-bond donors (Lipinski definition) is 1. The van der Waals surface area contributed by atoms with Gasteiger partial charge < -0.3 is 19.1 Å². The zero-order chi connectivity index (χ0) is 24.3. The number of benzene rings is 2. The molecule has 2 aromatic carbocycles. The smallest absolute Gasteiger partial charge is 0.312 e. The number of carboxylic acids is 1. The van der Waals surface area contributed by atoms with E-state index in [4.69, 9.17) is 14.0 Å². The van der Waals surface area contributed by atoms with Crippen LogP contribution in [-0.4, -0.2) is 35.0 Å². The molecule has 0 aliphatic carbocycles.